The SMILES string of the molecule is CC([NH-])Cc1c(CCC(=O)O)ccc(F)c1C#N. The highest BCUT2D eigenvalue weighted by Crippen LogP contribution is 2.21. The van der Waals surface area contributed by atoms with E-state index in [0.29, 0.717) is 11.1 Å². The van der Waals surface area contributed by atoms with Crippen molar-refractivity contribution in [2.75, 3.05) is 0 Å². The van der Waals surface area contributed by atoms with Gasteiger partial charge in [-0.25, -0.2) is 4.39 Å². The van der Waals surface area contributed by atoms with E-state index in [1.165, 1.54) is 12.1 Å². The van der Waals surface area contributed by atoms with Crippen molar-refractivity contribution in [2.24, 2.45) is 0 Å². The molecule has 18 heavy (non-hydrogen) atoms. The second kappa shape index (κ2) is 6.12. The topological polar surface area (TPSA) is 84.9 Å². The number of hydrogen-bond acceptors (Lipinski definition) is 2. The van der Waals surface area contributed by atoms with Crippen LogP contribution in [0.4, 0.5) is 4.39 Å². The molecule has 1 atom stereocenters. The van der Waals surface area contributed by atoms with Crippen LogP contribution in [0.5, 0.6) is 0 Å². The molecule has 0 aliphatic carbocycles. The Morgan fingerprint density at radius 1 is 1.61 bits per heavy atom. The Kier molecular flexibility index (Phi) is 4.81. The third-order valence-electron chi connectivity index (χ3n) is 2.59. The van der Waals surface area contributed by atoms with E-state index < -0.39 is 17.8 Å². The lowest BCUT2D eigenvalue weighted by molar-refractivity contribution is -0.136. The molecule has 1 rings (SSSR count). The zero-order valence-electron chi connectivity index (χ0n) is 10.0. The van der Waals surface area contributed by atoms with Gasteiger partial charge in [-0.05, 0) is 30.0 Å². The van der Waals surface area contributed by atoms with Crippen molar-refractivity contribution in [3.63, 3.8) is 0 Å². The van der Waals surface area contributed by atoms with Crippen LogP contribution in [0.15, 0.2) is 12.1 Å². The van der Waals surface area contributed by atoms with E-state index in [9.17, 15) is 9.18 Å². The first-order chi connectivity index (χ1) is 8.45. The number of nitrogens with one attached hydrogen (secondary N) is 1. The molecule has 0 fully saturated rings. The largest absolute Gasteiger partial charge is 0.675 e. The summed E-state index contributed by atoms with van der Waals surface area (Å²) in [5, 5.41) is 17.6. The molecule has 1 unspecified atom stereocenters. The van der Waals surface area contributed by atoms with Gasteiger partial charge in [0.15, 0.2) is 0 Å². The lowest BCUT2D eigenvalue weighted by Gasteiger charge is -2.18. The number of benzene rings is 1. The predicted molar refractivity (Wildman–Crippen MR) is 64.6 cm³/mol. The quantitative estimate of drug-likeness (QED) is 0.870. The molecule has 0 saturated heterocycles. The number of hydrogen-bond donors (Lipinski definition) is 1. The number of carboxylic acids is 1. The molecule has 0 aliphatic rings. The van der Waals surface area contributed by atoms with Gasteiger partial charge in [0.25, 0.3) is 0 Å². The summed E-state index contributed by atoms with van der Waals surface area (Å²) in [6, 6.07) is 3.99. The van der Waals surface area contributed by atoms with Gasteiger partial charge in [0.1, 0.15) is 11.9 Å². The molecule has 0 bridgehead atoms. The molecule has 4 nitrogen and oxygen atoms in total. The Labute approximate surface area is 105 Å². The van der Waals surface area contributed by atoms with Crippen LogP contribution in [-0.2, 0) is 17.6 Å². The second-order valence-corrected chi connectivity index (χ2v) is 4.17. The van der Waals surface area contributed by atoms with Gasteiger partial charge in [-0.1, -0.05) is 13.0 Å². The average Bonchev–Trinajstić information content (AvgIpc) is 2.27. The molecule has 2 N–H and O–H groups in total. The molecule has 0 aliphatic heterocycles. The van der Waals surface area contributed by atoms with Crippen LogP contribution in [0.2, 0.25) is 0 Å². The van der Waals surface area contributed by atoms with Crippen molar-refractivity contribution >= 4 is 5.97 Å². The fourth-order valence-corrected chi connectivity index (χ4v) is 1.80. The van der Waals surface area contributed by atoms with Crippen LogP contribution in [0.3, 0.4) is 0 Å². The van der Waals surface area contributed by atoms with Gasteiger partial charge >= 0.3 is 5.97 Å². The minimum absolute atomic E-state index is 0.0722. The van der Waals surface area contributed by atoms with Crippen molar-refractivity contribution in [1.82, 2.24) is 0 Å². The zero-order chi connectivity index (χ0) is 13.7. The number of aliphatic carboxylic acids is 1. The molecular weight excluding hydrogens is 235 g/mol. The maximum atomic E-state index is 13.5. The summed E-state index contributed by atoms with van der Waals surface area (Å²) in [6.45, 7) is 1.65. The molecule has 0 heterocycles. The van der Waals surface area contributed by atoms with Crippen molar-refractivity contribution in [2.45, 2.75) is 32.2 Å². The van der Waals surface area contributed by atoms with Crippen LogP contribution in [0.1, 0.15) is 30.0 Å². The lowest BCUT2D eigenvalue weighted by atomic mass is 9.93. The summed E-state index contributed by atoms with van der Waals surface area (Å²) in [4.78, 5) is 10.6. The molecule has 0 saturated carbocycles. The fourth-order valence-electron chi connectivity index (χ4n) is 1.80. The Balaban J connectivity index is 3.16. The molecule has 96 valence electrons. The van der Waals surface area contributed by atoms with Crippen molar-refractivity contribution in [1.29, 1.82) is 5.26 Å². The van der Waals surface area contributed by atoms with E-state index >= 15 is 0 Å². The third-order valence-corrected chi connectivity index (χ3v) is 2.59. The number of rotatable bonds is 5. The van der Waals surface area contributed by atoms with Crippen LogP contribution in [0, 0.1) is 17.1 Å². The standard InChI is InChI=1S/C13H14FN2O2/c1-8(16)6-10-9(3-5-13(17)18)2-4-12(14)11(10)7-15/h2,4,8,16H,3,5-6H2,1H3,(H,17,18)/q-1. The summed E-state index contributed by atoms with van der Waals surface area (Å²) in [5.41, 5.74) is 8.54. The van der Waals surface area contributed by atoms with Crippen molar-refractivity contribution in [3.8, 4) is 6.07 Å². The average molecular weight is 249 g/mol. The summed E-state index contributed by atoms with van der Waals surface area (Å²) in [5.74, 6) is -1.56. The molecule has 1 aromatic carbocycles. The van der Waals surface area contributed by atoms with E-state index in [1.54, 1.807) is 13.0 Å². The smallest absolute Gasteiger partial charge is 0.303 e. The van der Waals surface area contributed by atoms with E-state index in [0.717, 1.165) is 0 Å². The fraction of sp³-hybridized carbons (Fsp3) is 0.385. The molecule has 5 heteroatoms. The van der Waals surface area contributed by atoms with E-state index in [4.69, 9.17) is 16.1 Å². The number of nitriles is 1. The Hall–Kier alpha value is -1.93. The number of halogens is 1. The first-order valence-electron chi connectivity index (χ1n) is 5.59. The van der Waals surface area contributed by atoms with Gasteiger partial charge in [0.2, 0.25) is 0 Å². The monoisotopic (exact) mass is 249 g/mol. The van der Waals surface area contributed by atoms with Gasteiger partial charge in [-0.2, -0.15) is 5.26 Å². The Morgan fingerprint density at radius 3 is 2.78 bits per heavy atom. The molecule has 0 spiro atoms. The minimum atomic E-state index is -0.942. The van der Waals surface area contributed by atoms with E-state index in [-0.39, 0.29) is 24.8 Å². The Bertz CT molecular complexity index is 492. The van der Waals surface area contributed by atoms with E-state index in [1.807, 2.05) is 0 Å². The first kappa shape index (κ1) is 14.1. The third kappa shape index (κ3) is 3.54. The number of nitrogens with zero attached hydrogens (tertiary/aromatic N) is 1. The molecule has 0 amide bonds. The van der Waals surface area contributed by atoms with Crippen LogP contribution >= 0.6 is 0 Å². The van der Waals surface area contributed by atoms with Gasteiger partial charge in [-0.15, -0.1) is 6.04 Å². The highest BCUT2D eigenvalue weighted by molar-refractivity contribution is 5.67. The number of carboxylic acid groups (broad SMARTS) is 1. The number of aryl methyl sites for hydroxylation is 1. The summed E-state index contributed by atoms with van der Waals surface area (Å²) < 4.78 is 13.5. The highest BCUT2D eigenvalue weighted by Gasteiger charge is 2.14. The molecule has 0 radical (unpaired) electrons. The van der Waals surface area contributed by atoms with Gasteiger partial charge in [-0.3, -0.25) is 4.79 Å². The minimum Gasteiger partial charge on any atom is -0.675 e. The van der Waals surface area contributed by atoms with E-state index in [2.05, 4.69) is 0 Å². The summed E-state index contributed by atoms with van der Waals surface area (Å²) in [7, 11) is 0. The lowest BCUT2D eigenvalue weighted by Crippen LogP contribution is -2.09. The van der Waals surface area contributed by atoms with Gasteiger partial charge in [0.05, 0.1) is 5.56 Å². The maximum absolute atomic E-state index is 13.5. The van der Waals surface area contributed by atoms with Crippen LogP contribution in [0.25, 0.3) is 5.73 Å². The van der Waals surface area contributed by atoms with Gasteiger partial charge in [0, 0.05) is 6.42 Å². The molecule has 1 aromatic rings. The summed E-state index contributed by atoms with van der Waals surface area (Å²) in [6.07, 6.45) is 0.415. The zero-order valence-corrected chi connectivity index (χ0v) is 10.0. The highest BCUT2D eigenvalue weighted by atomic mass is 19.1. The van der Waals surface area contributed by atoms with Crippen LogP contribution < -0.4 is 0 Å². The second-order valence-electron chi connectivity index (χ2n) is 4.17. The van der Waals surface area contributed by atoms with Gasteiger partial charge < -0.3 is 10.8 Å². The maximum Gasteiger partial charge on any atom is 0.303 e. The Morgan fingerprint density at radius 2 is 2.28 bits per heavy atom. The predicted octanol–water partition coefficient (Wildman–Crippen LogP) is 2.70. The molecular formula is C13H14FN2O2-. The first-order valence-corrected chi connectivity index (χ1v) is 5.59. The summed E-state index contributed by atoms with van der Waals surface area (Å²) >= 11 is 0. The van der Waals surface area contributed by atoms with Crippen molar-refractivity contribution < 1.29 is 14.3 Å². The normalized spacial score (nSPS) is 11.9. The van der Waals surface area contributed by atoms with Crippen LogP contribution in [-0.4, -0.2) is 17.1 Å². The number of carbonyl (C=O) groups is 1. The van der Waals surface area contributed by atoms with Crippen molar-refractivity contribution in [3.05, 3.63) is 40.4 Å². The molecule has 0 aromatic heterocycles.